The van der Waals surface area contributed by atoms with Crippen LogP contribution in [0.25, 0.3) is 0 Å². The number of aliphatic carboxylic acids is 1. The number of benzene rings is 1. The summed E-state index contributed by atoms with van der Waals surface area (Å²) in [6, 6.07) is 5.26. The maximum absolute atomic E-state index is 11.5. The molecule has 0 atom stereocenters. The number of nitrogens with zero attached hydrogens (tertiary/aromatic N) is 1. The van der Waals surface area contributed by atoms with Crippen molar-refractivity contribution in [3.05, 3.63) is 35.9 Å². The monoisotopic (exact) mass is 274 g/mol. The van der Waals surface area contributed by atoms with Gasteiger partial charge in [-0.3, -0.25) is 9.59 Å². The molecular weight excluding hydrogens is 260 g/mol. The predicted octanol–water partition coefficient (Wildman–Crippen LogP) is 1.17. The summed E-state index contributed by atoms with van der Waals surface area (Å²) in [5, 5.41) is 11.0. The number of carboxylic acid groups (broad SMARTS) is 1. The van der Waals surface area contributed by atoms with E-state index in [9.17, 15) is 14.4 Å². The zero-order valence-electron chi connectivity index (χ0n) is 10.9. The quantitative estimate of drug-likeness (QED) is 0.810. The number of carbonyl (C=O) groups excluding carboxylic acids is 2. The van der Waals surface area contributed by atoms with Crippen LogP contribution in [0.4, 0.5) is 11.4 Å². The molecule has 2 amide bonds. The molecule has 0 saturated carbocycles. The van der Waals surface area contributed by atoms with Gasteiger partial charge in [-0.25, -0.2) is 4.79 Å². The average Bonchev–Trinajstić information content (AvgIpc) is 2.79. The van der Waals surface area contributed by atoms with Gasteiger partial charge in [0.2, 0.25) is 11.8 Å². The Balaban J connectivity index is 2.11. The summed E-state index contributed by atoms with van der Waals surface area (Å²) in [4.78, 5) is 34.9. The molecule has 0 aliphatic carbocycles. The van der Waals surface area contributed by atoms with Crippen molar-refractivity contribution in [3.8, 4) is 0 Å². The lowest BCUT2D eigenvalue weighted by atomic mass is 10.1. The van der Waals surface area contributed by atoms with Crippen LogP contribution in [0.5, 0.6) is 0 Å². The van der Waals surface area contributed by atoms with Crippen LogP contribution in [-0.2, 0) is 20.8 Å². The van der Waals surface area contributed by atoms with E-state index in [0.29, 0.717) is 12.2 Å². The molecule has 1 aromatic rings. The van der Waals surface area contributed by atoms with Crippen molar-refractivity contribution >= 4 is 29.2 Å². The third kappa shape index (κ3) is 3.03. The fraction of sp³-hybridized carbons (Fsp3) is 0.214. The molecule has 2 rings (SSSR count). The van der Waals surface area contributed by atoms with Crippen molar-refractivity contribution in [2.24, 2.45) is 0 Å². The number of hydrogen-bond acceptors (Lipinski definition) is 3. The molecule has 6 nitrogen and oxygen atoms in total. The normalized spacial score (nSPS) is 13.3. The minimum atomic E-state index is -1.17. The maximum Gasteiger partial charge on any atom is 0.328 e. The molecule has 0 spiro atoms. The lowest BCUT2D eigenvalue weighted by Gasteiger charge is -2.14. The molecule has 0 fully saturated rings. The smallest absolute Gasteiger partial charge is 0.328 e. The molecule has 1 heterocycles. The highest BCUT2D eigenvalue weighted by molar-refractivity contribution is 6.02. The van der Waals surface area contributed by atoms with Crippen LogP contribution in [0.15, 0.2) is 30.4 Å². The molecule has 6 heteroatoms. The summed E-state index contributed by atoms with van der Waals surface area (Å²) in [6.07, 6.45) is 2.47. The molecule has 1 aliphatic rings. The van der Waals surface area contributed by atoms with E-state index in [1.165, 1.54) is 6.92 Å². The van der Waals surface area contributed by atoms with E-state index in [1.54, 1.807) is 23.1 Å². The number of anilines is 2. The number of carbonyl (C=O) groups is 3. The first-order chi connectivity index (χ1) is 9.47. The van der Waals surface area contributed by atoms with Crippen molar-refractivity contribution in [1.82, 2.24) is 0 Å². The number of nitrogens with one attached hydrogen (secondary N) is 1. The molecule has 1 aromatic carbocycles. The highest BCUT2D eigenvalue weighted by atomic mass is 16.4. The Hall–Kier alpha value is -2.63. The van der Waals surface area contributed by atoms with Crippen LogP contribution >= 0.6 is 0 Å². The second-order valence-electron chi connectivity index (χ2n) is 4.42. The highest BCUT2D eigenvalue weighted by Crippen LogP contribution is 2.30. The topological polar surface area (TPSA) is 86.7 Å². The Kier molecular flexibility index (Phi) is 3.84. The minimum absolute atomic E-state index is 0.00933. The van der Waals surface area contributed by atoms with E-state index in [1.807, 2.05) is 0 Å². The van der Waals surface area contributed by atoms with Crippen molar-refractivity contribution in [2.75, 3.05) is 16.8 Å². The molecule has 0 bridgehead atoms. The molecule has 2 N–H and O–H groups in total. The van der Waals surface area contributed by atoms with E-state index in [2.05, 4.69) is 5.32 Å². The van der Waals surface area contributed by atoms with Crippen LogP contribution in [-0.4, -0.2) is 29.4 Å². The number of fused-ring (bicyclic) bond motifs is 1. The average molecular weight is 274 g/mol. The summed E-state index contributed by atoms with van der Waals surface area (Å²) >= 11 is 0. The Morgan fingerprint density at radius 2 is 2.05 bits per heavy atom. The van der Waals surface area contributed by atoms with Gasteiger partial charge in [0.05, 0.1) is 0 Å². The van der Waals surface area contributed by atoms with E-state index in [-0.39, 0.29) is 5.91 Å². The largest absolute Gasteiger partial charge is 0.478 e. The molecule has 104 valence electrons. The van der Waals surface area contributed by atoms with Gasteiger partial charge in [0, 0.05) is 37.0 Å². The SMILES string of the molecule is CC(=O)N1CCc2cc(NC(=O)/C=C/C(=O)O)ccc21. The summed E-state index contributed by atoms with van der Waals surface area (Å²) in [6.45, 7) is 2.16. The number of carboxylic acids is 1. The molecule has 1 aliphatic heterocycles. The molecule has 0 aromatic heterocycles. The molecular formula is C14H14N2O4. The van der Waals surface area contributed by atoms with E-state index in [0.717, 1.165) is 29.8 Å². The van der Waals surface area contributed by atoms with E-state index < -0.39 is 11.9 Å². The van der Waals surface area contributed by atoms with Gasteiger partial charge < -0.3 is 15.3 Å². The first-order valence-corrected chi connectivity index (χ1v) is 6.10. The van der Waals surface area contributed by atoms with E-state index >= 15 is 0 Å². The molecule has 0 radical (unpaired) electrons. The van der Waals surface area contributed by atoms with Crippen molar-refractivity contribution < 1.29 is 19.5 Å². The van der Waals surface area contributed by atoms with Gasteiger partial charge in [0.1, 0.15) is 0 Å². The summed E-state index contributed by atoms with van der Waals surface area (Å²) in [5.41, 5.74) is 2.42. The molecule has 20 heavy (non-hydrogen) atoms. The number of rotatable bonds is 3. The summed E-state index contributed by atoms with van der Waals surface area (Å²) in [7, 11) is 0. The van der Waals surface area contributed by atoms with Gasteiger partial charge in [-0.1, -0.05) is 0 Å². The van der Waals surface area contributed by atoms with Gasteiger partial charge in [-0.15, -0.1) is 0 Å². The van der Waals surface area contributed by atoms with Gasteiger partial charge >= 0.3 is 5.97 Å². The second-order valence-corrected chi connectivity index (χ2v) is 4.42. The molecule has 0 unspecified atom stereocenters. The van der Waals surface area contributed by atoms with Crippen molar-refractivity contribution in [2.45, 2.75) is 13.3 Å². The second kappa shape index (κ2) is 5.56. The zero-order valence-corrected chi connectivity index (χ0v) is 10.9. The minimum Gasteiger partial charge on any atom is -0.478 e. The third-order valence-corrected chi connectivity index (χ3v) is 3.00. The van der Waals surface area contributed by atoms with Crippen LogP contribution in [0.2, 0.25) is 0 Å². The lowest BCUT2D eigenvalue weighted by molar-refractivity contribution is -0.131. The third-order valence-electron chi connectivity index (χ3n) is 3.00. The summed E-state index contributed by atoms with van der Waals surface area (Å²) in [5.74, 6) is -1.69. The Labute approximate surface area is 115 Å². The number of hydrogen-bond donors (Lipinski definition) is 2. The van der Waals surface area contributed by atoms with Crippen LogP contribution < -0.4 is 10.2 Å². The fourth-order valence-corrected chi connectivity index (χ4v) is 2.14. The van der Waals surface area contributed by atoms with Gasteiger partial charge in [0.15, 0.2) is 0 Å². The lowest BCUT2D eigenvalue weighted by Crippen LogP contribution is -2.25. The molecule has 0 saturated heterocycles. The van der Waals surface area contributed by atoms with Crippen LogP contribution in [0, 0.1) is 0 Å². The standard InChI is InChI=1S/C14H14N2O4/c1-9(17)16-7-6-10-8-11(2-3-12(10)16)15-13(18)4-5-14(19)20/h2-5,8H,6-7H2,1H3,(H,15,18)(H,19,20)/b5-4+. The Bertz CT molecular complexity index is 607. The predicted molar refractivity (Wildman–Crippen MR) is 73.6 cm³/mol. The van der Waals surface area contributed by atoms with Gasteiger partial charge in [-0.05, 0) is 30.2 Å². The maximum atomic E-state index is 11.5. The van der Waals surface area contributed by atoms with Crippen molar-refractivity contribution in [1.29, 1.82) is 0 Å². The van der Waals surface area contributed by atoms with Crippen molar-refractivity contribution in [3.63, 3.8) is 0 Å². The first-order valence-electron chi connectivity index (χ1n) is 6.10. The first kappa shape index (κ1) is 13.8. The zero-order chi connectivity index (χ0) is 14.7. The van der Waals surface area contributed by atoms with Crippen LogP contribution in [0.3, 0.4) is 0 Å². The Morgan fingerprint density at radius 3 is 2.70 bits per heavy atom. The summed E-state index contributed by atoms with van der Waals surface area (Å²) < 4.78 is 0. The van der Waals surface area contributed by atoms with Gasteiger partial charge in [-0.2, -0.15) is 0 Å². The number of amides is 2. The van der Waals surface area contributed by atoms with E-state index in [4.69, 9.17) is 5.11 Å². The van der Waals surface area contributed by atoms with Crippen LogP contribution in [0.1, 0.15) is 12.5 Å². The highest BCUT2D eigenvalue weighted by Gasteiger charge is 2.22. The fourth-order valence-electron chi connectivity index (χ4n) is 2.14. The Morgan fingerprint density at radius 1 is 1.30 bits per heavy atom. The van der Waals surface area contributed by atoms with Gasteiger partial charge in [0.25, 0.3) is 0 Å².